The van der Waals surface area contributed by atoms with Gasteiger partial charge in [-0.15, -0.1) is 0 Å². The van der Waals surface area contributed by atoms with Gasteiger partial charge in [-0.2, -0.15) is 0 Å². The predicted octanol–water partition coefficient (Wildman–Crippen LogP) is 2.16. The van der Waals surface area contributed by atoms with Crippen molar-refractivity contribution in [2.24, 2.45) is 0 Å². The molecule has 0 aromatic rings. The quantitative estimate of drug-likeness (QED) is 0.500. The van der Waals surface area contributed by atoms with Crippen LogP contribution in [0.2, 0.25) is 0 Å². The van der Waals surface area contributed by atoms with Gasteiger partial charge in [-0.05, 0) is 18.4 Å². The predicted molar refractivity (Wildman–Crippen MR) is 34.2 cm³/mol. The van der Waals surface area contributed by atoms with Gasteiger partial charge in [0, 0.05) is 0 Å². The van der Waals surface area contributed by atoms with E-state index in [0.29, 0.717) is 6.42 Å². The van der Waals surface area contributed by atoms with Gasteiger partial charge in [0.2, 0.25) is 0 Å². The standard InChI is InChI=1S/C7H13O/c1-4-6(3)7(8)5-2/h7H,3-5H2,1-2H3. The first kappa shape index (κ1) is 7.70. The summed E-state index contributed by atoms with van der Waals surface area (Å²) in [6, 6.07) is 0. The third-order valence-corrected chi connectivity index (χ3v) is 1.28. The lowest BCUT2D eigenvalue weighted by atomic mass is 10.1. The molecule has 0 rings (SSSR count). The summed E-state index contributed by atoms with van der Waals surface area (Å²) in [5.74, 6) is 0. The maximum atomic E-state index is 10.7. The lowest BCUT2D eigenvalue weighted by molar-refractivity contribution is 0.114. The van der Waals surface area contributed by atoms with Crippen molar-refractivity contribution in [1.29, 1.82) is 0 Å². The molecule has 0 saturated carbocycles. The van der Waals surface area contributed by atoms with E-state index in [4.69, 9.17) is 0 Å². The van der Waals surface area contributed by atoms with Gasteiger partial charge in [0.15, 0.2) is 0 Å². The molecule has 1 unspecified atom stereocenters. The topological polar surface area (TPSA) is 19.9 Å². The molecule has 0 aliphatic heterocycles. The van der Waals surface area contributed by atoms with E-state index in [0.717, 1.165) is 12.0 Å². The van der Waals surface area contributed by atoms with Crippen molar-refractivity contribution < 1.29 is 5.11 Å². The molecule has 8 heavy (non-hydrogen) atoms. The molecule has 1 radical (unpaired) electrons. The van der Waals surface area contributed by atoms with E-state index in [-0.39, 0.29) is 0 Å². The van der Waals surface area contributed by atoms with Crippen LogP contribution in [0.25, 0.3) is 0 Å². The summed E-state index contributed by atoms with van der Waals surface area (Å²) in [6.45, 7) is 7.48. The maximum absolute atomic E-state index is 10.7. The average molecular weight is 113 g/mol. The van der Waals surface area contributed by atoms with Crippen LogP contribution < -0.4 is 0 Å². The van der Waals surface area contributed by atoms with E-state index in [9.17, 15) is 5.11 Å². The Morgan fingerprint density at radius 2 is 2.12 bits per heavy atom. The van der Waals surface area contributed by atoms with Crippen LogP contribution in [0, 0.1) is 0 Å². The molecule has 0 spiro atoms. The van der Waals surface area contributed by atoms with Crippen molar-refractivity contribution in [2.45, 2.75) is 32.8 Å². The normalized spacial score (nSPS) is 13.4. The first-order valence-electron chi connectivity index (χ1n) is 3.05. The molecular weight excluding hydrogens is 100 g/mol. The molecule has 0 aliphatic carbocycles. The van der Waals surface area contributed by atoms with Crippen LogP contribution in [-0.2, 0) is 5.11 Å². The van der Waals surface area contributed by atoms with Crippen molar-refractivity contribution >= 4 is 0 Å². The summed E-state index contributed by atoms with van der Waals surface area (Å²) in [5, 5.41) is 10.7. The summed E-state index contributed by atoms with van der Waals surface area (Å²) < 4.78 is 0. The van der Waals surface area contributed by atoms with Crippen LogP contribution in [0.4, 0.5) is 0 Å². The van der Waals surface area contributed by atoms with Gasteiger partial charge in [0.1, 0.15) is 6.10 Å². The highest BCUT2D eigenvalue weighted by Crippen LogP contribution is 2.06. The molecular formula is C7H13O. The zero-order valence-corrected chi connectivity index (χ0v) is 5.61. The Balaban J connectivity index is 3.46. The molecule has 0 aromatic carbocycles. The zero-order chi connectivity index (χ0) is 6.57. The number of hydrogen-bond donors (Lipinski definition) is 0. The molecule has 1 heteroatoms. The third kappa shape index (κ3) is 2.12. The van der Waals surface area contributed by atoms with Crippen LogP contribution in [0.1, 0.15) is 26.7 Å². The Morgan fingerprint density at radius 3 is 2.25 bits per heavy atom. The average Bonchev–Trinajstić information content (AvgIpc) is 1.84. The third-order valence-electron chi connectivity index (χ3n) is 1.28. The molecule has 1 atom stereocenters. The van der Waals surface area contributed by atoms with Crippen molar-refractivity contribution in [3.8, 4) is 0 Å². The lowest BCUT2D eigenvalue weighted by Crippen LogP contribution is -2.03. The fraction of sp³-hybridized carbons (Fsp3) is 0.714. The summed E-state index contributed by atoms with van der Waals surface area (Å²) in [4.78, 5) is 0. The van der Waals surface area contributed by atoms with E-state index < -0.39 is 6.10 Å². The molecule has 0 fully saturated rings. The molecule has 47 valence electrons. The first-order valence-corrected chi connectivity index (χ1v) is 3.05. The summed E-state index contributed by atoms with van der Waals surface area (Å²) >= 11 is 0. The van der Waals surface area contributed by atoms with Gasteiger partial charge in [0.05, 0.1) is 0 Å². The SMILES string of the molecule is C=C(CC)C([O])CC. The first-order chi connectivity index (χ1) is 3.72. The second-order valence-corrected chi connectivity index (χ2v) is 1.91. The molecule has 0 amide bonds. The van der Waals surface area contributed by atoms with E-state index in [2.05, 4.69) is 6.58 Å². The Morgan fingerprint density at radius 1 is 1.62 bits per heavy atom. The van der Waals surface area contributed by atoms with Gasteiger partial charge in [-0.25, -0.2) is 5.11 Å². The highest BCUT2D eigenvalue weighted by Gasteiger charge is 2.03. The second kappa shape index (κ2) is 3.67. The molecule has 0 aliphatic rings. The van der Waals surface area contributed by atoms with Crippen molar-refractivity contribution in [3.05, 3.63) is 12.2 Å². The number of hydrogen-bond acceptors (Lipinski definition) is 0. The van der Waals surface area contributed by atoms with Gasteiger partial charge in [-0.1, -0.05) is 20.4 Å². The molecule has 0 N–H and O–H groups in total. The largest absolute Gasteiger partial charge is 0.228 e. The van der Waals surface area contributed by atoms with Crippen molar-refractivity contribution in [3.63, 3.8) is 0 Å². The fourth-order valence-electron chi connectivity index (χ4n) is 0.516. The summed E-state index contributed by atoms with van der Waals surface area (Å²) in [7, 11) is 0. The van der Waals surface area contributed by atoms with Gasteiger partial charge in [-0.3, -0.25) is 0 Å². The minimum absolute atomic E-state index is 0.528. The Bertz CT molecular complexity index is 76.5. The smallest absolute Gasteiger partial charge is 0.113 e. The molecule has 0 bridgehead atoms. The summed E-state index contributed by atoms with van der Waals surface area (Å²) in [6.07, 6.45) is 0.967. The highest BCUT2D eigenvalue weighted by molar-refractivity contribution is 4.99. The van der Waals surface area contributed by atoms with E-state index in [1.807, 2.05) is 13.8 Å². The molecule has 0 heterocycles. The van der Waals surface area contributed by atoms with Gasteiger partial charge >= 0.3 is 0 Å². The molecule has 1 nitrogen and oxygen atoms in total. The van der Waals surface area contributed by atoms with Crippen molar-refractivity contribution in [1.82, 2.24) is 0 Å². The second-order valence-electron chi connectivity index (χ2n) is 1.91. The minimum Gasteiger partial charge on any atom is -0.228 e. The Labute approximate surface area is 51.0 Å². The van der Waals surface area contributed by atoms with Crippen LogP contribution in [0.3, 0.4) is 0 Å². The van der Waals surface area contributed by atoms with Crippen molar-refractivity contribution in [2.75, 3.05) is 0 Å². The van der Waals surface area contributed by atoms with Gasteiger partial charge < -0.3 is 0 Å². The van der Waals surface area contributed by atoms with E-state index >= 15 is 0 Å². The van der Waals surface area contributed by atoms with E-state index in [1.165, 1.54) is 0 Å². The van der Waals surface area contributed by atoms with Crippen LogP contribution in [0.5, 0.6) is 0 Å². The molecule has 0 aromatic heterocycles. The highest BCUT2D eigenvalue weighted by atomic mass is 16.3. The van der Waals surface area contributed by atoms with Crippen LogP contribution in [-0.4, -0.2) is 6.10 Å². The summed E-state index contributed by atoms with van der Waals surface area (Å²) in [5.41, 5.74) is 0.826. The zero-order valence-electron chi connectivity index (χ0n) is 5.61. The van der Waals surface area contributed by atoms with E-state index in [1.54, 1.807) is 0 Å². The Hall–Kier alpha value is -0.300. The fourth-order valence-corrected chi connectivity index (χ4v) is 0.516. The Kier molecular flexibility index (Phi) is 3.53. The van der Waals surface area contributed by atoms with Crippen LogP contribution >= 0.6 is 0 Å². The van der Waals surface area contributed by atoms with Crippen LogP contribution in [0.15, 0.2) is 12.2 Å². The lowest BCUT2D eigenvalue weighted by Gasteiger charge is -2.04. The monoisotopic (exact) mass is 113 g/mol. The molecule has 0 saturated heterocycles. The minimum atomic E-state index is -0.528. The maximum Gasteiger partial charge on any atom is 0.113 e. The number of rotatable bonds is 3. The van der Waals surface area contributed by atoms with Gasteiger partial charge in [0.25, 0.3) is 0 Å².